The topological polar surface area (TPSA) is 17.1 Å². The number of halogens is 2. The lowest BCUT2D eigenvalue weighted by atomic mass is 10.1. The van der Waals surface area contributed by atoms with Crippen LogP contribution in [0, 0.1) is 11.6 Å². The van der Waals surface area contributed by atoms with E-state index in [0.717, 1.165) is 23.6 Å². The average molecular weight is 274 g/mol. The van der Waals surface area contributed by atoms with Crippen LogP contribution in [0.3, 0.4) is 0 Å². The third-order valence-corrected chi connectivity index (χ3v) is 5.73. The molecule has 1 aromatic carbocycles. The highest BCUT2D eigenvalue weighted by molar-refractivity contribution is 8.07. The summed E-state index contributed by atoms with van der Waals surface area (Å²) in [6.45, 7) is 1.97. The summed E-state index contributed by atoms with van der Waals surface area (Å²) in [6.07, 6.45) is 0. The third kappa shape index (κ3) is 2.83. The van der Waals surface area contributed by atoms with Crippen LogP contribution in [0.1, 0.15) is 17.3 Å². The van der Waals surface area contributed by atoms with E-state index in [1.54, 1.807) is 23.5 Å². The maximum Gasteiger partial charge on any atom is 0.179 e. The first kappa shape index (κ1) is 12.9. The Morgan fingerprint density at radius 3 is 2.65 bits per heavy atom. The van der Waals surface area contributed by atoms with Crippen LogP contribution >= 0.6 is 23.5 Å². The second-order valence-corrected chi connectivity index (χ2v) is 6.59. The fourth-order valence-electron chi connectivity index (χ4n) is 1.76. The molecule has 1 nitrogen and oxygen atoms in total. The first-order valence-corrected chi connectivity index (χ1v) is 7.42. The number of benzene rings is 1. The monoisotopic (exact) mass is 274 g/mol. The molecule has 2 unspecified atom stereocenters. The molecular formula is C12H12F2OS2. The zero-order valence-corrected chi connectivity index (χ0v) is 10.9. The molecule has 1 aromatic rings. The van der Waals surface area contributed by atoms with Crippen LogP contribution < -0.4 is 0 Å². The molecule has 2 atom stereocenters. The van der Waals surface area contributed by atoms with Crippen molar-refractivity contribution in [1.82, 2.24) is 0 Å². The van der Waals surface area contributed by atoms with Crippen molar-refractivity contribution in [2.24, 2.45) is 0 Å². The summed E-state index contributed by atoms with van der Waals surface area (Å²) in [4.78, 5) is 12.1. The molecule has 1 aliphatic rings. The van der Waals surface area contributed by atoms with Crippen LogP contribution in [0.4, 0.5) is 8.78 Å². The maximum atomic E-state index is 13.5. The van der Waals surface area contributed by atoms with Crippen LogP contribution in [0.2, 0.25) is 0 Å². The lowest BCUT2D eigenvalue weighted by molar-refractivity contribution is 0.0985. The summed E-state index contributed by atoms with van der Waals surface area (Å²) >= 11 is 3.28. The van der Waals surface area contributed by atoms with E-state index in [0.29, 0.717) is 0 Å². The van der Waals surface area contributed by atoms with Gasteiger partial charge in [0.05, 0.1) is 10.8 Å². The fraction of sp³-hybridized carbons (Fsp3) is 0.417. The number of thioether (sulfide) groups is 2. The van der Waals surface area contributed by atoms with Crippen molar-refractivity contribution >= 4 is 29.3 Å². The molecule has 92 valence electrons. The first-order valence-electron chi connectivity index (χ1n) is 5.32. The molecule has 1 aliphatic heterocycles. The molecule has 1 fully saturated rings. The highest BCUT2D eigenvalue weighted by atomic mass is 32.2. The van der Waals surface area contributed by atoms with E-state index in [4.69, 9.17) is 0 Å². The lowest BCUT2D eigenvalue weighted by Gasteiger charge is -2.26. The zero-order valence-electron chi connectivity index (χ0n) is 9.28. The van der Waals surface area contributed by atoms with Gasteiger partial charge in [-0.05, 0) is 12.1 Å². The first-order chi connectivity index (χ1) is 8.09. The zero-order chi connectivity index (χ0) is 12.4. The molecule has 0 N–H and O–H groups in total. The minimum atomic E-state index is -0.765. The highest BCUT2D eigenvalue weighted by Gasteiger charge is 2.31. The van der Waals surface area contributed by atoms with Crippen molar-refractivity contribution in [1.29, 1.82) is 0 Å². The van der Waals surface area contributed by atoms with E-state index in [1.165, 1.54) is 6.07 Å². The van der Waals surface area contributed by atoms with Crippen molar-refractivity contribution in [3.8, 4) is 0 Å². The van der Waals surface area contributed by atoms with Crippen molar-refractivity contribution in [3.63, 3.8) is 0 Å². The van der Waals surface area contributed by atoms with Crippen molar-refractivity contribution in [3.05, 3.63) is 35.4 Å². The summed E-state index contributed by atoms with van der Waals surface area (Å²) in [5.74, 6) is 0.263. The van der Waals surface area contributed by atoms with E-state index in [2.05, 4.69) is 0 Å². The number of rotatable bonds is 2. The second-order valence-electron chi connectivity index (χ2n) is 3.86. The maximum absolute atomic E-state index is 13.5. The van der Waals surface area contributed by atoms with Gasteiger partial charge < -0.3 is 0 Å². The minimum absolute atomic E-state index is 0.00162. The van der Waals surface area contributed by atoms with Crippen LogP contribution in [0.15, 0.2) is 18.2 Å². The van der Waals surface area contributed by atoms with Crippen LogP contribution in [0.25, 0.3) is 0 Å². The molecular weight excluding hydrogens is 262 g/mol. The summed E-state index contributed by atoms with van der Waals surface area (Å²) in [5.41, 5.74) is -0.00162. The molecule has 17 heavy (non-hydrogen) atoms. The van der Waals surface area contributed by atoms with Gasteiger partial charge in [-0.2, -0.15) is 11.8 Å². The van der Waals surface area contributed by atoms with E-state index >= 15 is 0 Å². The third-order valence-electron chi connectivity index (χ3n) is 2.64. The fourth-order valence-corrected chi connectivity index (χ4v) is 4.48. The summed E-state index contributed by atoms with van der Waals surface area (Å²) in [5, 5.41) is -0.0561. The van der Waals surface area contributed by atoms with Crippen LogP contribution in [0.5, 0.6) is 0 Å². The summed E-state index contributed by atoms with van der Waals surface area (Å²) in [7, 11) is 0. The summed E-state index contributed by atoms with van der Waals surface area (Å²) < 4.78 is 26.3. The van der Waals surface area contributed by atoms with Gasteiger partial charge in [-0.15, -0.1) is 11.8 Å². The van der Waals surface area contributed by atoms with Gasteiger partial charge in [0.2, 0.25) is 0 Å². The van der Waals surface area contributed by atoms with E-state index in [9.17, 15) is 13.6 Å². The number of ketones is 1. The Bertz CT molecular complexity index is 437. The molecule has 0 radical (unpaired) electrons. The van der Waals surface area contributed by atoms with Crippen molar-refractivity contribution in [2.45, 2.75) is 17.4 Å². The lowest BCUT2D eigenvalue weighted by Crippen LogP contribution is -2.31. The number of hydrogen-bond acceptors (Lipinski definition) is 3. The highest BCUT2D eigenvalue weighted by Crippen LogP contribution is 2.33. The molecule has 0 amide bonds. The Balaban J connectivity index is 2.24. The van der Waals surface area contributed by atoms with Gasteiger partial charge in [-0.3, -0.25) is 4.79 Å². The summed E-state index contributed by atoms with van der Waals surface area (Å²) in [6, 6.07) is 3.12. The van der Waals surface area contributed by atoms with Crippen molar-refractivity contribution < 1.29 is 13.6 Å². The Kier molecular flexibility index (Phi) is 4.09. The number of carbonyl (C=O) groups excluding carboxylic acids is 1. The molecule has 0 spiro atoms. The van der Waals surface area contributed by atoms with E-state index < -0.39 is 11.6 Å². The molecule has 2 rings (SSSR count). The number of hydrogen-bond donors (Lipinski definition) is 0. The van der Waals surface area contributed by atoms with Gasteiger partial charge in [-0.25, -0.2) is 8.78 Å². The van der Waals surface area contributed by atoms with Gasteiger partial charge in [0.15, 0.2) is 5.78 Å². The van der Waals surface area contributed by atoms with Gasteiger partial charge in [0.25, 0.3) is 0 Å². The van der Waals surface area contributed by atoms with E-state index in [-0.39, 0.29) is 21.8 Å². The number of carbonyl (C=O) groups is 1. The van der Waals surface area contributed by atoms with Crippen LogP contribution in [-0.4, -0.2) is 27.8 Å². The predicted molar refractivity (Wildman–Crippen MR) is 68.9 cm³/mol. The Hall–Kier alpha value is -0.550. The molecule has 5 heteroatoms. The molecule has 0 aliphatic carbocycles. The standard InChI is InChI=1S/C12H12F2OS2/c1-7-12(17-5-4-16-7)11(15)9-3-2-8(13)6-10(9)14/h2-3,6-7,12H,4-5H2,1H3. The normalized spacial score (nSPS) is 24.6. The largest absolute Gasteiger partial charge is 0.293 e. The molecule has 0 aromatic heterocycles. The van der Waals surface area contributed by atoms with Gasteiger partial charge >= 0.3 is 0 Å². The molecule has 0 saturated carbocycles. The SMILES string of the molecule is CC1SCCSC1C(=O)c1ccc(F)cc1F. The van der Waals surface area contributed by atoms with Crippen molar-refractivity contribution in [2.75, 3.05) is 11.5 Å². The van der Waals surface area contributed by atoms with E-state index in [1.807, 2.05) is 6.92 Å². The number of Topliss-reactive ketones (excluding diaryl/α,β-unsaturated/α-hetero) is 1. The Morgan fingerprint density at radius 1 is 1.29 bits per heavy atom. The van der Waals surface area contributed by atoms with Crippen LogP contribution in [-0.2, 0) is 0 Å². The minimum Gasteiger partial charge on any atom is -0.293 e. The second kappa shape index (κ2) is 5.40. The average Bonchev–Trinajstić information content (AvgIpc) is 2.29. The molecule has 1 saturated heterocycles. The van der Waals surface area contributed by atoms with Gasteiger partial charge in [-0.1, -0.05) is 6.92 Å². The Morgan fingerprint density at radius 2 is 2.00 bits per heavy atom. The quantitative estimate of drug-likeness (QED) is 0.770. The molecule has 1 heterocycles. The smallest absolute Gasteiger partial charge is 0.179 e. The predicted octanol–water partition coefficient (Wildman–Crippen LogP) is 3.38. The Labute approximate surface area is 107 Å². The molecule has 0 bridgehead atoms. The van der Waals surface area contributed by atoms with Gasteiger partial charge in [0.1, 0.15) is 11.6 Å². The van der Waals surface area contributed by atoms with Gasteiger partial charge in [0, 0.05) is 22.8 Å².